The minimum Gasteiger partial charge on any atom is -0.453 e. The van der Waals surface area contributed by atoms with E-state index in [-0.39, 0.29) is 17.5 Å². The Morgan fingerprint density at radius 2 is 2.14 bits per heavy atom. The van der Waals surface area contributed by atoms with Gasteiger partial charge in [0.25, 0.3) is 0 Å². The number of nitrogens with one attached hydrogen (secondary N) is 1. The molecule has 1 aliphatic heterocycles. The molecule has 4 rings (SSSR count). The van der Waals surface area contributed by atoms with Crippen LogP contribution in [0, 0.1) is 0 Å². The maximum absolute atomic E-state index is 12.9. The highest BCUT2D eigenvalue weighted by molar-refractivity contribution is 7.10. The molecule has 0 radical (unpaired) electrons. The summed E-state index contributed by atoms with van der Waals surface area (Å²) < 4.78 is 46.0. The summed E-state index contributed by atoms with van der Waals surface area (Å²) in [6, 6.07) is 8.51. The van der Waals surface area contributed by atoms with Crippen molar-refractivity contribution in [2.45, 2.75) is 12.2 Å². The van der Waals surface area contributed by atoms with E-state index in [2.05, 4.69) is 15.6 Å². The first-order valence-corrected chi connectivity index (χ1v) is 9.17. The third-order valence-electron chi connectivity index (χ3n) is 4.11. The highest BCUT2D eigenvalue weighted by Crippen LogP contribution is 2.34. The van der Waals surface area contributed by atoms with Crippen molar-refractivity contribution in [2.75, 3.05) is 6.61 Å². The first kappa shape index (κ1) is 18.4. The molecule has 0 amide bonds. The molecule has 3 aromatic rings. The van der Waals surface area contributed by atoms with E-state index >= 15 is 0 Å². The van der Waals surface area contributed by atoms with Crippen LogP contribution in [0.25, 0.3) is 0 Å². The fraction of sp³-hybridized carbons (Fsp3) is 0.222. The molecule has 28 heavy (non-hydrogen) atoms. The number of aromatic nitrogens is 2. The lowest BCUT2D eigenvalue weighted by Crippen LogP contribution is -2.36. The second kappa shape index (κ2) is 7.19. The second-order valence-electron chi connectivity index (χ2n) is 6.06. The van der Waals surface area contributed by atoms with Crippen molar-refractivity contribution in [3.63, 3.8) is 0 Å². The number of hydrogen-bond acceptors (Lipinski definition) is 6. The zero-order chi connectivity index (χ0) is 19.7. The SMILES string of the molecule is Cn1ncc(Oc2cccc(C(F)(F)F)c2)c1C1=NOCC(c2cccs2)N1. The van der Waals surface area contributed by atoms with Gasteiger partial charge < -0.3 is 14.9 Å². The van der Waals surface area contributed by atoms with Crippen molar-refractivity contribution in [2.24, 2.45) is 12.2 Å². The molecule has 1 aromatic carbocycles. The van der Waals surface area contributed by atoms with E-state index in [1.165, 1.54) is 23.0 Å². The van der Waals surface area contributed by atoms with Gasteiger partial charge >= 0.3 is 6.18 Å². The van der Waals surface area contributed by atoms with Gasteiger partial charge in [0, 0.05) is 11.9 Å². The Hall–Kier alpha value is -3.01. The van der Waals surface area contributed by atoms with Crippen LogP contribution in [0.15, 0.2) is 53.1 Å². The molecule has 0 saturated carbocycles. The standard InChI is InChI=1S/C18H15F3N4O2S/c1-25-16(17-23-13(10-26-24-17)15-6-3-7-28-15)14(9-22-25)27-12-5-2-4-11(8-12)18(19,20)21/h2-9,13H,10H2,1H3,(H,23,24). The van der Waals surface area contributed by atoms with Crippen LogP contribution >= 0.6 is 11.3 Å². The van der Waals surface area contributed by atoms with E-state index in [4.69, 9.17) is 9.57 Å². The second-order valence-corrected chi connectivity index (χ2v) is 7.04. The lowest BCUT2D eigenvalue weighted by atomic mass is 10.2. The van der Waals surface area contributed by atoms with Gasteiger partial charge in [0.2, 0.25) is 0 Å². The van der Waals surface area contributed by atoms with Gasteiger partial charge in [-0.1, -0.05) is 17.3 Å². The molecule has 1 aliphatic rings. The van der Waals surface area contributed by atoms with E-state index in [9.17, 15) is 13.2 Å². The van der Waals surface area contributed by atoms with Crippen molar-refractivity contribution in [1.82, 2.24) is 15.1 Å². The summed E-state index contributed by atoms with van der Waals surface area (Å²) in [5, 5.41) is 13.4. The van der Waals surface area contributed by atoms with Crippen LogP contribution in [0.1, 0.15) is 22.2 Å². The number of hydrogen-bond donors (Lipinski definition) is 1. The number of benzene rings is 1. The highest BCUT2D eigenvalue weighted by atomic mass is 32.1. The molecule has 0 saturated heterocycles. The van der Waals surface area contributed by atoms with Gasteiger partial charge in [-0.3, -0.25) is 4.68 Å². The van der Waals surface area contributed by atoms with E-state index in [0.717, 1.165) is 17.0 Å². The van der Waals surface area contributed by atoms with Crippen molar-refractivity contribution in [3.05, 3.63) is 64.1 Å². The zero-order valence-corrected chi connectivity index (χ0v) is 15.4. The topological polar surface area (TPSA) is 60.7 Å². The Kier molecular flexibility index (Phi) is 4.71. The van der Waals surface area contributed by atoms with Gasteiger partial charge in [-0.2, -0.15) is 18.3 Å². The fourth-order valence-corrected chi connectivity index (χ4v) is 3.55. The van der Waals surface area contributed by atoms with Crippen molar-refractivity contribution >= 4 is 17.2 Å². The van der Waals surface area contributed by atoms with E-state index in [1.807, 2.05) is 17.5 Å². The molecule has 3 heterocycles. The number of aryl methyl sites for hydroxylation is 1. The van der Waals surface area contributed by atoms with E-state index in [0.29, 0.717) is 18.1 Å². The molecule has 10 heteroatoms. The molecular formula is C18H15F3N4O2S. The molecule has 1 unspecified atom stereocenters. The Labute approximate surface area is 162 Å². The van der Waals surface area contributed by atoms with Crippen molar-refractivity contribution < 1.29 is 22.7 Å². The van der Waals surface area contributed by atoms with Gasteiger partial charge in [0.05, 0.1) is 17.8 Å². The van der Waals surface area contributed by atoms with Gasteiger partial charge in [0.1, 0.15) is 18.1 Å². The summed E-state index contributed by atoms with van der Waals surface area (Å²) in [6.07, 6.45) is -3.03. The zero-order valence-electron chi connectivity index (χ0n) is 14.6. The molecule has 6 nitrogen and oxygen atoms in total. The van der Waals surface area contributed by atoms with E-state index in [1.54, 1.807) is 18.4 Å². The van der Waals surface area contributed by atoms with Crippen LogP contribution in [0.4, 0.5) is 13.2 Å². The lowest BCUT2D eigenvalue weighted by molar-refractivity contribution is -0.137. The van der Waals surface area contributed by atoms with Crippen LogP contribution < -0.4 is 10.1 Å². The number of rotatable bonds is 4. The minimum atomic E-state index is -4.45. The van der Waals surface area contributed by atoms with Crippen LogP contribution in [-0.4, -0.2) is 22.2 Å². The predicted molar refractivity (Wildman–Crippen MR) is 97.4 cm³/mol. The summed E-state index contributed by atoms with van der Waals surface area (Å²) in [4.78, 5) is 6.43. The van der Waals surface area contributed by atoms with Crippen LogP contribution in [-0.2, 0) is 18.1 Å². The van der Waals surface area contributed by atoms with Crippen LogP contribution in [0.3, 0.4) is 0 Å². The van der Waals surface area contributed by atoms with Gasteiger partial charge in [-0.25, -0.2) is 0 Å². The quantitative estimate of drug-likeness (QED) is 0.699. The van der Waals surface area contributed by atoms with Crippen LogP contribution in [0.2, 0.25) is 0 Å². The fourth-order valence-electron chi connectivity index (χ4n) is 2.79. The summed E-state index contributed by atoms with van der Waals surface area (Å²) in [6.45, 7) is 0.367. The third-order valence-corrected chi connectivity index (χ3v) is 5.10. The molecule has 0 bridgehead atoms. The molecule has 0 aliphatic carbocycles. The number of halogens is 3. The van der Waals surface area contributed by atoms with Crippen molar-refractivity contribution in [1.29, 1.82) is 0 Å². The Bertz CT molecular complexity index is 999. The number of alkyl halides is 3. The maximum Gasteiger partial charge on any atom is 0.416 e. The summed E-state index contributed by atoms with van der Waals surface area (Å²) in [7, 11) is 1.69. The van der Waals surface area contributed by atoms with E-state index < -0.39 is 11.7 Å². The molecule has 0 fully saturated rings. The smallest absolute Gasteiger partial charge is 0.416 e. The molecule has 1 atom stereocenters. The third kappa shape index (κ3) is 3.68. The number of nitrogens with zero attached hydrogens (tertiary/aromatic N) is 3. The lowest BCUT2D eigenvalue weighted by Gasteiger charge is -2.23. The van der Waals surface area contributed by atoms with Gasteiger partial charge in [0.15, 0.2) is 11.6 Å². The largest absolute Gasteiger partial charge is 0.453 e. The number of ether oxygens (including phenoxy) is 1. The number of amidine groups is 1. The molecule has 146 valence electrons. The normalized spacial score (nSPS) is 16.9. The monoisotopic (exact) mass is 408 g/mol. The highest BCUT2D eigenvalue weighted by Gasteiger charge is 2.31. The Morgan fingerprint density at radius 3 is 2.89 bits per heavy atom. The molecular weight excluding hydrogens is 393 g/mol. The summed E-state index contributed by atoms with van der Waals surface area (Å²) >= 11 is 1.59. The average molecular weight is 408 g/mol. The van der Waals surface area contributed by atoms with Gasteiger partial charge in [-0.05, 0) is 29.6 Å². The van der Waals surface area contributed by atoms with Crippen LogP contribution in [0.5, 0.6) is 11.5 Å². The maximum atomic E-state index is 12.9. The Morgan fingerprint density at radius 1 is 1.29 bits per heavy atom. The van der Waals surface area contributed by atoms with Crippen molar-refractivity contribution in [3.8, 4) is 11.5 Å². The molecule has 2 aromatic heterocycles. The Balaban J connectivity index is 1.61. The molecule has 1 N–H and O–H groups in total. The first-order chi connectivity index (χ1) is 13.4. The predicted octanol–water partition coefficient (Wildman–Crippen LogP) is 4.32. The van der Waals surface area contributed by atoms with Gasteiger partial charge in [-0.15, -0.1) is 11.3 Å². The number of thiophene rings is 1. The summed E-state index contributed by atoms with van der Waals surface area (Å²) in [5.74, 6) is 0.714. The number of oxime groups is 1. The average Bonchev–Trinajstić information content (AvgIpc) is 3.32. The first-order valence-electron chi connectivity index (χ1n) is 8.29. The molecule has 0 spiro atoms. The summed E-state index contributed by atoms with van der Waals surface area (Å²) in [5.41, 5.74) is -0.316. The minimum absolute atomic E-state index is 0.0520.